The normalized spacial score (nSPS) is 16.5. The number of carbonyl (C=O) groups is 1. The van der Waals surface area contributed by atoms with Gasteiger partial charge in [0.2, 0.25) is 5.91 Å². The van der Waals surface area contributed by atoms with Gasteiger partial charge < -0.3 is 9.80 Å². The Balaban J connectivity index is 1.38. The van der Waals surface area contributed by atoms with Crippen molar-refractivity contribution in [1.82, 2.24) is 14.8 Å². The summed E-state index contributed by atoms with van der Waals surface area (Å²) in [5.41, 5.74) is 1.09. The largest absolute Gasteiger partial charge is 0.343 e. The summed E-state index contributed by atoms with van der Waals surface area (Å²) in [5.74, 6) is 0.303. The number of rotatable bonds is 7. The number of likely N-dealkylation sites (tertiary alicyclic amines) is 1. The molecule has 0 saturated carbocycles. The first kappa shape index (κ1) is 19.3. The molecule has 1 aromatic heterocycles. The van der Waals surface area contributed by atoms with E-state index in [0.29, 0.717) is 24.4 Å². The average Bonchev–Trinajstić information content (AvgIpc) is 3.07. The quantitative estimate of drug-likeness (QED) is 0.678. The second kappa shape index (κ2) is 8.96. The summed E-state index contributed by atoms with van der Waals surface area (Å²) < 4.78 is 1.26. The molecule has 2 heterocycles. The van der Waals surface area contributed by atoms with Crippen LogP contribution in [0, 0.1) is 0 Å². The molecule has 26 heavy (non-hydrogen) atoms. The number of nitrogens with zero attached hydrogens (tertiary/aromatic N) is 3. The van der Waals surface area contributed by atoms with Crippen molar-refractivity contribution in [1.29, 1.82) is 0 Å². The Hall–Kier alpha value is -1.46. The molecule has 0 radical (unpaired) electrons. The van der Waals surface area contributed by atoms with Crippen molar-refractivity contribution in [2.24, 2.45) is 0 Å². The number of aryl methyl sites for hydroxylation is 1. The van der Waals surface area contributed by atoms with Crippen LogP contribution in [0.25, 0.3) is 10.2 Å². The Morgan fingerprint density at radius 1 is 1.27 bits per heavy atom. The Labute approximate surface area is 161 Å². The molecule has 1 aromatic carbocycles. The van der Waals surface area contributed by atoms with Crippen molar-refractivity contribution in [3.05, 3.63) is 29.3 Å². The van der Waals surface area contributed by atoms with E-state index in [-0.39, 0.29) is 0 Å². The summed E-state index contributed by atoms with van der Waals surface area (Å²) in [6.07, 6.45) is 5.82. The van der Waals surface area contributed by atoms with E-state index in [1.54, 1.807) is 11.3 Å². The number of fused-ring (bicyclic) bond motifs is 1. The lowest BCUT2D eigenvalue weighted by molar-refractivity contribution is -0.133. The van der Waals surface area contributed by atoms with Crippen LogP contribution in [0.5, 0.6) is 0 Å². The number of benzene rings is 1. The van der Waals surface area contributed by atoms with E-state index in [0.717, 1.165) is 50.7 Å². The van der Waals surface area contributed by atoms with E-state index in [1.807, 2.05) is 18.0 Å². The Bertz CT molecular complexity index is 686. The maximum Gasteiger partial charge on any atom is 0.222 e. The van der Waals surface area contributed by atoms with Gasteiger partial charge in [-0.1, -0.05) is 12.1 Å². The lowest BCUT2D eigenvalue weighted by Crippen LogP contribution is -2.47. The summed E-state index contributed by atoms with van der Waals surface area (Å²) in [4.78, 5) is 21.7. The molecule has 1 amide bonds. The van der Waals surface area contributed by atoms with E-state index < -0.39 is 0 Å². The van der Waals surface area contributed by atoms with Crippen LogP contribution in [0.15, 0.2) is 24.3 Å². The third-order valence-corrected chi connectivity index (χ3v) is 6.64. The molecule has 0 spiro atoms. The highest BCUT2D eigenvalue weighted by molar-refractivity contribution is 7.18. The van der Waals surface area contributed by atoms with E-state index in [9.17, 15) is 4.79 Å². The zero-order chi connectivity index (χ0) is 18.5. The number of carbonyl (C=O) groups excluding carboxylic acids is 1. The lowest BCUT2D eigenvalue weighted by atomic mass is 10.0. The lowest BCUT2D eigenvalue weighted by Gasteiger charge is -2.38. The highest BCUT2D eigenvalue weighted by atomic mass is 32.1. The van der Waals surface area contributed by atoms with Gasteiger partial charge in [-0.05, 0) is 58.1 Å². The molecular formula is C21H31N3OS. The maximum absolute atomic E-state index is 12.5. The van der Waals surface area contributed by atoms with E-state index in [1.165, 1.54) is 9.71 Å². The minimum atomic E-state index is 0.303. The van der Waals surface area contributed by atoms with E-state index in [4.69, 9.17) is 0 Å². The first-order chi connectivity index (χ1) is 12.5. The fourth-order valence-corrected chi connectivity index (χ4v) is 4.76. The molecule has 3 rings (SSSR count). The van der Waals surface area contributed by atoms with Gasteiger partial charge in [0.05, 0.1) is 15.2 Å². The predicted molar refractivity (Wildman–Crippen MR) is 110 cm³/mol. The second-order valence-corrected chi connectivity index (χ2v) is 8.76. The summed E-state index contributed by atoms with van der Waals surface area (Å²) in [6.45, 7) is 6.72. The summed E-state index contributed by atoms with van der Waals surface area (Å²) in [5, 5.41) is 1.19. The van der Waals surface area contributed by atoms with E-state index >= 15 is 0 Å². The molecule has 0 N–H and O–H groups in total. The molecule has 0 aliphatic carbocycles. The minimum Gasteiger partial charge on any atom is -0.343 e. The third kappa shape index (κ3) is 4.83. The molecule has 5 heteroatoms. The highest BCUT2D eigenvalue weighted by Crippen LogP contribution is 2.23. The first-order valence-electron chi connectivity index (χ1n) is 9.88. The predicted octanol–water partition coefficient (Wildman–Crippen LogP) is 4.34. The van der Waals surface area contributed by atoms with Crippen LogP contribution in [0.4, 0.5) is 0 Å². The number of hydrogen-bond donors (Lipinski definition) is 0. The van der Waals surface area contributed by atoms with Crippen molar-refractivity contribution in [2.75, 3.05) is 20.1 Å². The smallest absolute Gasteiger partial charge is 0.222 e. The zero-order valence-electron chi connectivity index (χ0n) is 16.3. The Morgan fingerprint density at radius 2 is 2.00 bits per heavy atom. The fraction of sp³-hybridized carbons (Fsp3) is 0.619. The van der Waals surface area contributed by atoms with Gasteiger partial charge in [-0.15, -0.1) is 11.3 Å². The molecule has 4 nitrogen and oxygen atoms in total. The van der Waals surface area contributed by atoms with Gasteiger partial charge in [0.15, 0.2) is 0 Å². The number of aromatic nitrogens is 1. The topological polar surface area (TPSA) is 36.4 Å². The van der Waals surface area contributed by atoms with E-state index in [2.05, 4.69) is 41.9 Å². The first-order valence-corrected chi connectivity index (χ1v) is 10.7. The maximum atomic E-state index is 12.5. The standard InChI is InChI=1S/C21H31N3OS/c1-16(2)24-14-12-17(13-15-24)23(3)21(25)11-7-6-10-20-22-18-8-4-5-9-19(18)26-20/h4-5,8-9,16-17H,6-7,10-15H2,1-3H3. The molecule has 1 aliphatic rings. The van der Waals surface area contributed by atoms with Crippen molar-refractivity contribution < 1.29 is 4.79 Å². The molecule has 0 unspecified atom stereocenters. The molecule has 2 aromatic rings. The van der Waals surface area contributed by atoms with Gasteiger partial charge in [-0.2, -0.15) is 0 Å². The number of amides is 1. The highest BCUT2D eigenvalue weighted by Gasteiger charge is 2.25. The average molecular weight is 374 g/mol. The van der Waals surface area contributed by atoms with Crippen LogP contribution in [-0.4, -0.2) is 52.9 Å². The van der Waals surface area contributed by atoms with Crippen LogP contribution in [0.2, 0.25) is 0 Å². The van der Waals surface area contributed by atoms with Crippen molar-refractivity contribution >= 4 is 27.5 Å². The van der Waals surface area contributed by atoms with Crippen LogP contribution in [0.3, 0.4) is 0 Å². The van der Waals surface area contributed by atoms with Gasteiger partial charge in [0.25, 0.3) is 0 Å². The molecule has 0 bridgehead atoms. The number of hydrogen-bond acceptors (Lipinski definition) is 4. The van der Waals surface area contributed by atoms with Crippen LogP contribution in [0.1, 0.15) is 51.0 Å². The Kier molecular flexibility index (Phi) is 6.65. The minimum absolute atomic E-state index is 0.303. The van der Waals surface area contributed by atoms with Crippen LogP contribution >= 0.6 is 11.3 Å². The summed E-state index contributed by atoms with van der Waals surface area (Å²) >= 11 is 1.78. The zero-order valence-corrected chi connectivity index (χ0v) is 17.1. The van der Waals surface area contributed by atoms with Gasteiger partial charge in [0, 0.05) is 38.6 Å². The molecule has 1 saturated heterocycles. The van der Waals surface area contributed by atoms with Gasteiger partial charge in [-0.3, -0.25) is 4.79 Å². The van der Waals surface area contributed by atoms with Gasteiger partial charge in [-0.25, -0.2) is 4.98 Å². The number of piperidine rings is 1. The summed E-state index contributed by atoms with van der Waals surface area (Å²) in [6, 6.07) is 9.32. The number of unbranched alkanes of at least 4 members (excludes halogenated alkanes) is 1. The molecule has 0 atom stereocenters. The molecule has 1 aliphatic heterocycles. The Morgan fingerprint density at radius 3 is 2.69 bits per heavy atom. The molecule has 142 valence electrons. The van der Waals surface area contributed by atoms with Gasteiger partial charge >= 0.3 is 0 Å². The van der Waals surface area contributed by atoms with Crippen molar-refractivity contribution in [2.45, 2.75) is 64.5 Å². The van der Waals surface area contributed by atoms with Crippen molar-refractivity contribution in [3.63, 3.8) is 0 Å². The number of para-hydroxylation sites is 1. The number of thiazole rings is 1. The van der Waals surface area contributed by atoms with Crippen LogP contribution in [-0.2, 0) is 11.2 Å². The molecule has 1 fully saturated rings. The fourth-order valence-electron chi connectivity index (χ4n) is 3.75. The van der Waals surface area contributed by atoms with Gasteiger partial charge in [0.1, 0.15) is 0 Å². The summed E-state index contributed by atoms with van der Waals surface area (Å²) in [7, 11) is 1.99. The van der Waals surface area contributed by atoms with Crippen molar-refractivity contribution in [3.8, 4) is 0 Å². The molecular weight excluding hydrogens is 342 g/mol. The second-order valence-electron chi connectivity index (χ2n) is 7.65. The third-order valence-electron chi connectivity index (χ3n) is 5.54. The SMILES string of the molecule is CC(C)N1CCC(N(C)C(=O)CCCCc2nc3ccccc3s2)CC1. The monoisotopic (exact) mass is 373 g/mol. The van der Waals surface area contributed by atoms with Crippen LogP contribution < -0.4 is 0 Å².